The summed E-state index contributed by atoms with van der Waals surface area (Å²) in [7, 11) is 0. The molecule has 2 N–H and O–H groups in total. The summed E-state index contributed by atoms with van der Waals surface area (Å²) in [6, 6.07) is 0.0460. The van der Waals surface area contributed by atoms with Crippen LogP contribution in [0.4, 0.5) is 0 Å². The van der Waals surface area contributed by atoms with Crippen molar-refractivity contribution in [2.45, 2.75) is 18.9 Å². The SMILES string of the molecule is Cl.O=C(NCCN1CCOCC1)C1CCCN1. The largest absolute Gasteiger partial charge is 0.379 e. The van der Waals surface area contributed by atoms with Gasteiger partial charge in [-0.3, -0.25) is 9.69 Å². The maximum atomic E-state index is 11.7. The highest BCUT2D eigenvalue weighted by Crippen LogP contribution is 2.04. The maximum Gasteiger partial charge on any atom is 0.237 e. The van der Waals surface area contributed by atoms with Crippen LogP contribution in [0.2, 0.25) is 0 Å². The van der Waals surface area contributed by atoms with Gasteiger partial charge in [0, 0.05) is 26.2 Å². The Balaban J connectivity index is 0.00000144. The van der Waals surface area contributed by atoms with Gasteiger partial charge in [-0.1, -0.05) is 0 Å². The molecule has 6 heteroatoms. The van der Waals surface area contributed by atoms with Crippen molar-refractivity contribution in [3.63, 3.8) is 0 Å². The molecule has 2 aliphatic heterocycles. The molecule has 1 amide bonds. The maximum absolute atomic E-state index is 11.7. The van der Waals surface area contributed by atoms with Gasteiger partial charge in [-0.05, 0) is 19.4 Å². The number of carbonyl (C=O) groups excluding carboxylic acids is 1. The standard InChI is InChI=1S/C11H21N3O2.ClH/c15-11(10-2-1-3-12-10)13-4-5-14-6-8-16-9-7-14;/h10,12H,1-9H2,(H,13,15);1H. The topological polar surface area (TPSA) is 53.6 Å². The zero-order valence-corrected chi connectivity index (χ0v) is 10.9. The van der Waals surface area contributed by atoms with Crippen LogP contribution >= 0.6 is 12.4 Å². The fraction of sp³-hybridized carbons (Fsp3) is 0.909. The number of rotatable bonds is 4. The number of ether oxygens (including phenoxy) is 1. The number of nitrogens with zero attached hydrogens (tertiary/aromatic N) is 1. The van der Waals surface area contributed by atoms with Crippen molar-refractivity contribution in [1.82, 2.24) is 15.5 Å². The van der Waals surface area contributed by atoms with Crippen molar-refractivity contribution in [1.29, 1.82) is 0 Å². The predicted octanol–water partition coefficient (Wildman–Crippen LogP) is -0.391. The van der Waals surface area contributed by atoms with Crippen LogP contribution < -0.4 is 10.6 Å². The van der Waals surface area contributed by atoms with E-state index in [0.717, 1.165) is 58.8 Å². The Labute approximate surface area is 109 Å². The molecular formula is C11H22ClN3O2. The minimum Gasteiger partial charge on any atom is -0.379 e. The van der Waals surface area contributed by atoms with E-state index in [1.54, 1.807) is 0 Å². The lowest BCUT2D eigenvalue weighted by molar-refractivity contribution is -0.122. The normalized spacial score (nSPS) is 25.3. The Hall–Kier alpha value is -0.360. The van der Waals surface area contributed by atoms with Crippen molar-refractivity contribution in [3.05, 3.63) is 0 Å². The molecule has 2 rings (SSSR count). The summed E-state index contributed by atoms with van der Waals surface area (Å²) in [4.78, 5) is 14.0. The van der Waals surface area contributed by atoms with Gasteiger partial charge in [0.1, 0.15) is 0 Å². The molecule has 0 radical (unpaired) electrons. The van der Waals surface area contributed by atoms with Crippen molar-refractivity contribution in [2.24, 2.45) is 0 Å². The lowest BCUT2D eigenvalue weighted by Gasteiger charge is -2.26. The number of hydrogen-bond acceptors (Lipinski definition) is 4. The van der Waals surface area contributed by atoms with Crippen LogP contribution in [-0.2, 0) is 9.53 Å². The van der Waals surface area contributed by atoms with Gasteiger partial charge in [0.2, 0.25) is 5.91 Å². The van der Waals surface area contributed by atoms with Crippen LogP contribution in [0, 0.1) is 0 Å². The van der Waals surface area contributed by atoms with E-state index in [4.69, 9.17) is 4.74 Å². The van der Waals surface area contributed by atoms with E-state index in [2.05, 4.69) is 15.5 Å². The van der Waals surface area contributed by atoms with Gasteiger partial charge in [-0.15, -0.1) is 12.4 Å². The second-order valence-electron chi connectivity index (χ2n) is 4.39. The van der Waals surface area contributed by atoms with Crippen LogP contribution in [0.5, 0.6) is 0 Å². The quantitative estimate of drug-likeness (QED) is 0.725. The van der Waals surface area contributed by atoms with Crippen LogP contribution in [-0.4, -0.2) is 62.8 Å². The highest BCUT2D eigenvalue weighted by molar-refractivity contribution is 5.85. The summed E-state index contributed by atoms with van der Waals surface area (Å²) in [5.74, 6) is 0.158. The zero-order valence-electron chi connectivity index (χ0n) is 10.1. The van der Waals surface area contributed by atoms with Crippen LogP contribution in [0.3, 0.4) is 0 Å². The molecule has 100 valence electrons. The summed E-state index contributed by atoms with van der Waals surface area (Å²) in [6.45, 7) is 6.26. The van der Waals surface area contributed by atoms with E-state index in [1.807, 2.05) is 0 Å². The number of morpholine rings is 1. The molecule has 17 heavy (non-hydrogen) atoms. The van der Waals surface area contributed by atoms with Gasteiger partial charge in [-0.25, -0.2) is 0 Å². The Morgan fingerprint density at radius 1 is 1.41 bits per heavy atom. The summed E-state index contributed by atoms with van der Waals surface area (Å²) in [5.41, 5.74) is 0. The van der Waals surface area contributed by atoms with E-state index in [-0.39, 0.29) is 24.4 Å². The van der Waals surface area contributed by atoms with Gasteiger partial charge in [0.15, 0.2) is 0 Å². The molecule has 1 atom stereocenters. The molecule has 0 saturated carbocycles. The lowest BCUT2D eigenvalue weighted by atomic mass is 10.2. The molecule has 2 fully saturated rings. The van der Waals surface area contributed by atoms with Crippen molar-refractivity contribution in [3.8, 4) is 0 Å². The third kappa shape index (κ3) is 4.79. The number of hydrogen-bond donors (Lipinski definition) is 2. The number of amides is 1. The van der Waals surface area contributed by atoms with Crippen molar-refractivity contribution in [2.75, 3.05) is 45.9 Å². The number of carbonyl (C=O) groups is 1. The van der Waals surface area contributed by atoms with Gasteiger partial charge in [0.05, 0.1) is 19.3 Å². The van der Waals surface area contributed by atoms with Gasteiger partial charge in [-0.2, -0.15) is 0 Å². The second kappa shape index (κ2) is 7.87. The summed E-state index contributed by atoms with van der Waals surface area (Å²) < 4.78 is 5.27. The Kier molecular flexibility index (Phi) is 6.80. The number of nitrogens with one attached hydrogen (secondary N) is 2. The molecule has 0 aromatic carbocycles. The monoisotopic (exact) mass is 263 g/mol. The Morgan fingerprint density at radius 3 is 2.82 bits per heavy atom. The molecule has 0 spiro atoms. The van der Waals surface area contributed by atoms with Crippen molar-refractivity contribution >= 4 is 18.3 Å². The summed E-state index contributed by atoms with van der Waals surface area (Å²) >= 11 is 0. The highest BCUT2D eigenvalue weighted by Gasteiger charge is 2.21. The Morgan fingerprint density at radius 2 is 2.18 bits per heavy atom. The fourth-order valence-corrected chi connectivity index (χ4v) is 2.19. The molecular weight excluding hydrogens is 242 g/mol. The van der Waals surface area contributed by atoms with Crippen LogP contribution in [0.1, 0.15) is 12.8 Å². The van der Waals surface area contributed by atoms with E-state index in [9.17, 15) is 4.79 Å². The van der Waals surface area contributed by atoms with E-state index >= 15 is 0 Å². The number of halogens is 1. The third-order valence-corrected chi connectivity index (χ3v) is 3.21. The summed E-state index contributed by atoms with van der Waals surface area (Å²) in [5, 5.41) is 6.19. The van der Waals surface area contributed by atoms with Gasteiger partial charge >= 0.3 is 0 Å². The molecule has 0 aromatic heterocycles. The van der Waals surface area contributed by atoms with E-state index in [0.29, 0.717) is 0 Å². The molecule has 0 aliphatic carbocycles. The fourth-order valence-electron chi connectivity index (χ4n) is 2.19. The van der Waals surface area contributed by atoms with Crippen molar-refractivity contribution < 1.29 is 9.53 Å². The average molecular weight is 264 g/mol. The second-order valence-corrected chi connectivity index (χ2v) is 4.39. The minimum atomic E-state index is 0. The third-order valence-electron chi connectivity index (χ3n) is 3.21. The minimum absolute atomic E-state index is 0. The van der Waals surface area contributed by atoms with Crippen LogP contribution in [0.15, 0.2) is 0 Å². The molecule has 5 nitrogen and oxygen atoms in total. The molecule has 2 aliphatic rings. The smallest absolute Gasteiger partial charge is 0.237 e. The van der Waals surface area contributed by atoms with Gasteiger partial charge < -0.3 is 15.4 Å². The first-order valence-electron chi connectivity index (χ1n) is 6.17. The first-order valence-corrected chi connectivity index (χ1v) is 6.17. The van der Waals surface area contributed by atoms with E-state index in [1.165, 1.54) is 0 Å². The molecule has 1 unspecified atom stereocenters. The lowest BCUT2D eigenvalue weighted by Crippen LogP contribution is -2.45. The summed E-state index contributed by atoms with van der Waals surface area (Å²) in [6.07, 6.45) is 2.09. The first-order chi connectivity index (χ1) is 7.86. The van der Waals surface area contributed by atoms with E-state index < -0.39 is 0 Å². The average Bonchev–Trinajstić information content (AvgIpc) is 2.84. The van der Waals surface area contributed by atoms with Crippen LogP contribution in [0.25, 0.3) is 0 Å². The molecule has 2 saturated heterocycles. The molecule has 0 bridgehead atoms. The molecule has 0 aromatic rings. The Bertz CT molecular complexity index is 229. The first kappa shape index (κ1) is 14.7. The predicted molar refractivity (Wildman–Crippen MR) is 68.5 cm³/mol. The zero-order chi connectivity index (χ0) is 11.2. The van der Waals surface area contributed by atoms with Gasteiger partial charge in [0.25, 0.3) is 0 Å². The molecule has 2 heterocycles. The highest BCUT2D eigenvalue weighted by atomic mass is 35.5.